The predicted octanol–water partition coefficient (Wildman–Crippen LogP) is -1.40. The number of ether oxygens (including phenoxy) is 8. The summed E-state index contributed by atoms with van der Waals surface area (Å²) in [6, 6.07) is 0. The van der Waals surface area contributed by atoms with Gasteiger partial charge in [0.2, 0.25) is 6.29 Å². The number of rotatable bonds is 11. The molecular formula is C53H86O22. The number of aliphatic hydroxyl groups excluding tert-OH is 13. The van der Waals surface area contributed by atoms with Crippen molar-refractivity contribution in [2.75, 3.05) is 26.4 Å². The number of allylic oxidation sites excluding steroid dienone is 2. The van der Waals surface area contributed by atoms with Crippen molar-refractivity contribution in [1.29, 1.82) is 0 Å². The SMILES string of the molecule is C[C@H]1O[C@@H](O[C@H]2[C@H](O[C@H]3CO[C@@H](OC4CCC5(C)C(CCC6(C)C5CC=C5C7CC(C)(C)CCC7(C(=O)O[C@@H]7O[C@H](CO)[C@@H](O)[C@@H](O)[C@H]7O)CCC56C)C4(C)CO)[C@H](O)[C@@H]3O)O[C@H](CO)[C@@H](O)[C@H]2O)[C@H](O)[C@H](O)[C@@H]1O. The van der Waals surface area contributed by atoms with E-state index in [-0.39, 0.29) is 52.6 Å². The van der Waals surface area contributed by atoms with E-state index < -0.39 is 153 Å². The summed E-state index contributed by atoms with van der Waals surface area (Å²) >= 11 is 0. The first-order valence-electron chi connectivity index (χ1n) is 27.3. The fraction of sp³-hybridized carbons (Fsp3) is 0.943. The van der Waals surface area contributed by atoms with Gasteiger partial charge in [-0.25, -0.2) is 0 Å². The lowest BCUT2D eigenvalue weighted by Gasteiger charge is -2.71. The monoisotopic (exact) mass is 1070 g/mol. The molecule has 0 amide bonds. The Balaban J connectivity index is 0.899. The first kappa shape index (κ1) is 58.1. The minimum atomic E-state index is -1.81. The van der Waals surface area contributed by atoms with E-state index in [2.05, 4.69) is 40.7 Å². The molecule has 9 unspecified atom stereocenters. The summed E-state index contributed by atoms with van der Waals surface area (Å²) in [5.74, 6) is -0.578. The molecule has 4 heterocycles. The lowest BCUT2D eigenvalue weighted by molar-refractivity contribution is -0.382. The van der Waals surface area contributed by atoms with E-state index in [1.54, 1.807) is 0 Å². The second-order valence-electron chi connectivity index (χ2n) is 25.6. The van der Waals surface area contributed by atoms with Gasteiger partial charge in [0, 0.05) is 5.41 Å². The second-order valence-corrected chi connectivity index (χ2v) is 25.6. The molecule has 4 saturated carbocycles. The zero-order valence-electron chi connectivity index (χ0n) is 44.2. The third-order valence-corrected chi connectivity index (χ3v) is 21.2. The average Bonchev–Trinajstić information content (AvgIpc) is 3.39. The van der Waals surface area contributed by atoms with Gasteiger partial charge in [0.05, 0.1) is 44.1 Å². The topological polar surface area (TPSA) is 354 Å². The van der Waals surface area contributed by atoms with Crippen molar-refractivity contribution in [3.05, 3.63) is 11.6 Å². The van der Waals surface area contributed by atoms with Gasteiger partial charge in [-0.1, -0.05) is 53.2 Å². The molecule has 0 bridgehead atoms. The Morgan fingerprint density at radius 1 is 0.613 bits per heavy atom. The molecule has 13 N–H and O–H groups in total. The highest BCUT2D eigenvalue weighted by atomic mass is 16.8. The van der Waals surface area contributed by atoms with Crippen LogP contribution in [-0.4, -0.2) is 222 Å². The van der Waals surface area contributed by atoms with Gasteiger partial charge >= 0.3 is 5.97 Å². The smallest absolute Gasteiger partial charge is 0.315 e. The lowest BCUT2D eigenvalue weighted by Crippen LogP contribution is -2.67. The summed E-state index contributed by atoms with van der Waals surface area (Å²) in [5.41, 5.74) is -1.45. The second kappa shape index (κ2) is 21.1. The molecular weight excluding hydrogens is 989 g/mol. The van der Waals surface area contributed by atoms with Crippen molar-refractivity contribution in [2.45, 2.75) is 235 Å². The molecule has 4 saturated heterocycles. The van der Waals surface area contributed by atoms with Gasteiger partial charge in [0.15, 0.2) is 18.9 Å². The van der Waals surface area contributed by atoms with Gasteiger partial charge < -0.3 is 104 Å². The van der Waals surface area contributed by atoms with Gasteiger partial charge in [-0.15, -0.1) is 0 Å². The Morgan fingerprint density at radius 3 is 1.89 bits per heavy atom. The van der Waals surface area contributed by atoms with Crippen molar-refractivity contribution >= 4 is 5.97 Å². The summed E-state index contributed by atoms with van der Waals surface area (Å²) in [5, 5.41) is 139. The molecule has 430 valence electrons. The van der Waals surface area contributed by atoms with Crippen LogP contribution in [0.3, 0.4) is 0 Å². The Kier molecular flexibility index (Phi) is 16.3. The molecule has 8 fully saturated rings. The molecule has 0 radical (unpaired) electrons. The first-order chi connectivity index (χ1) is 35.2. The van der Waals surface area contributed by atoms with Crippen molar-refractivity contribution in [3.63, 3.8) is 0 Å². The van der Waals surface area contributed by atoms with Gasteiger partial charge in [-0.3, -0.25) is 4.79 Å². The quantitative estimate of drug-likeness (QED) is 0.0643. The molecule has 0 aromatic heterocycles. The summed E-state index contributed by atoms with van der Waals surface area (Å²) < 4.78 is 47.5. The zero-order chi connectivity index (χ0) is 54.7. The Morgan fingerprint density at radius 2 is 1.23 bits per heavy atom. The van der Waals surface area contributed by atoms with E-state index in [9.17, 15) is 71.2 Å². The molecule has 75 heavy (non-hydrogen) atoms. The van der Waals surface area contributed by atoms with Gasteiger partial charge in [0.1, 0.15) is 85.5 Å². The fourth-order valence-corrected chi connectivity index (χ4v) is 16.2. The molecule has 0 aromatic carbocycles. The number of esters is 1. The largest absolute Gasteiger partial charge is 0.432 e. The van der Waals surface area contributed by atoms with Crippen molar-refractivity contribution < 1.29 is 109 Å². The maximum absolute atomic E-state index is 14.7. The highest BCUT2D eigenvalue weighted by molar-refractivity contribution is 5.79. The van der Waals surface area contributed by atoms with Gasteiger partial charge in [0.25, 0.3) is 0 Å². The molecule has 9 rings (SSSR count). The van der Waals surface area contributed by atoms with Crippen LogP contribution in [0, 0.1) is 50.2 Å². The zero-order valence-corrected chi connectivity index (χ0v) is 44.2. The number of carbonyl (C=O) groups is 1. The van der Waals surface area contributed by atoms with E-state index in [0.29, 0.717) is 25.7 Å². The van der Waals surface area contributed by atoms with Gasteiger partial charge in [-0.2, -0.15) is 0 Å². The molecule has 22 nitrogen and oxygen atoms in total. The van der Waals surface area contributed by atoms with Crippen LogP contribution < -0.4 is 0 Å². The number of aliphatic hydroxyl groups is 13. The highest BCUT2D eigenvalue weighted by Gasteiger charge is 2.71. The summed E-state index contributed by atoms with van der Waals surface area (Å²) in [7, 11) is 0. The molecule has 28 atom stereocenters. The lowest BCUT2D eigenvalue weighted by atomic mass is 9.33. The minimum absolute atomic E-state index is 0.0439. The molecule has 4 aliphatic heterocycles. The van der Waals surface area contributed by atoms with Crippen LogP contribution in [0.4, 0.5) is 0 Å². The average molecular weight is 1080 g/mol. The fourth-order valence-electron chi connectivity index (χ4n) is 16.2. The van der Waals surface area contributed by atoms with E-state index in [1.165, 1.54) is 12.5 Å². The van der Waals surface area contributed by atoms with E-state index in [4.69, 9.17) is 37.9 Å². The predicted molar refractivity (Wildman–Crippen MR) is 257 cm³/mol. The molecule has 0 spiro atoms. The normalized spacial score (nSPS) is 54.8. The Bertz CT molecular complexity index is 2060. The van der Waals surface area contributed by atoms with Crippen LogP contribution in [0.2, 0.25) is 0 Å². The molecule has 9 aliphatic rings. The minimum Gasteiger partial charge on any atom is -0.432 e. The van der Waals surface area contributed by atoms with Crippen molar-refractivity contribution in [2.24, 2.45) is 50.2 Å². The highest BCUT2D eigenvalue weighted by Crippen LogP contribution is 2.76. The first-order valence-corrected chi connectivity index (χ1v) is 27.3. The van der Waals surface area contributed by atoms with Crippen LogP contribution in [0.25, 0.3) is 0 Å². The van der Waals surface area contributed by atoms with Crippen LogP contribution in [0.15, 0.2) is 11.6 Å². The van der Waals surface area contributed by atoms with Crippen LogP contribution in [0.5, 0.6) is 0 Å². The summed E-state index contributed by atoms with van der Waals surface area (Å²) in [6.45, 7) is 13.0. The maximum atomic E-state index is 14.7. The number of hydrogen-bond acceptors (Lipinski definition) is 22. The Labute approximate surface area is 437 Å². The summed E-state index contributed by atoms with van der Waals surface area (Å²) in [4.78, 5) is 14.7. The van der Waals surface area contributed by atoms with Crippen LogP contribution >= 0.6 is 0 Å². The third kappa shape index (κ3) is 9.40. The summed E-state index contributed by atoms with van der Waals surface area (Å²) in [6.07, 6.45) is -21.1. The third-order valence-electron chi connectivity index (χ3n) is 21.2. The number of carbonyl (C=O) groups excluding carboxylic acids is 1. The van der Waals surface area contributed by atoms with Crippen LogP contribution in [-0.2, 0) is 42.7 Å². The van der Waals surface area contributed by atoms with E-state index >= 15 is 0 Å². The Hall–Kier alpha value is -1.59. The molecule has 22 heteroatoms. The van der Waals surface area contributed by atoms with E-state index in [1.807, 2.05) is 6.92 Å². The van der Waals surface area contributed by atoms with Crippen LogP contribution in [0.1, 0.15) is 113 Å². The number of fused-ring (bicyclic) bond motifs is 7. The molecule has 0 aromatic rings. The number of hydrogen-bond donors (Lipinski definition) is 13. The maximum Gasteiger partial charge on any atom is 0.315 e. The van der Waals surface area contributed by atoms with Crippen molar-refractivity contribution in [3.8, 4) is 0 Å². The van der Waals surface area contributed by atoms with Crippen molar-refractivity contribution in [1.82, 2.24) is 0 Å². The standard InChI is InChI=1S/C53H86O22/c1-23-32(57)36(61)40(65)44(69-23)74-42-38(63)34(59)27(20-55)71-46(42)72-28-21-68-43(39(64)35(28)60)73-31-11-12-49(4)29(50(31,5)22-56)10-13-52(7)30(49)9-8-24-25-18-48(2,3)14-16-53(25,17-15-51(24,52)6)47(67)75-45-41(66)37(62)33(58)26(19-54)70-45/h8,23,25-46,54-66H,9-22H2,1-7H3/t23-,25?,26-,27-,28+,29?,30?,31?,32-,33-,34-,35-,36-,37-,38-,39-,40-,41-,42-,43+,44+,45+,46+,49?,50?,51?,52?,53?/m1/s1. The van der Waals surface area contributed by atoms with E-state index in [0.717, 1.165) is 38.5 Å². The molecule has 5 aliphatic carbocycles. The van der Waals surface area contributed by atoms with Gasteiger partial charge in [-0.05, 0) is 111 Å².